The third kappa shape index (κ3) is 6.93. The topological polar surface area (TPSA) is 49.4 Å². The zero-order valence-corrected chi connectivity index (χ0v) is 18.9. The first-order chi connectivity index (χ1) is 13.8. The Labute approximate surface area is 179 Å². The van der Waals surface area contributed by atoms with Crippen molar-refractivity contribution in [2.75, 3.05) is 12.8 Å². The quantitative estimate of drug-likeness (QED) is 0.664. The molecule has 2 rings (SSSR count). The smallest absolute Gasteiger partial charge is 0.242 e. The highest BCUT2D eigenvalue weighted by molar-refractivity contribution is 7.99. The van der Waals surface area contributed by atoms with Crippen molar-refractivity contribution in [2.24, 2.45) is 0 Å². The summed E-state index contributed by atoms with van der Waals surface area (Å²) in [6, 6.07) is 14.1. The van der Waals surface area contributed by atoms with Gasteiger partial charge in [0.15, 0.2) is 0 Å². The third-order valence-electron chi connectivity index (χ3n) is 4.84. The lowest BCUT2D eigenvalue weighted by Crippen LogP contribution is -2.48. The van der Waals surface area contributed by atoms with Crippen molar-refractivity contribution in [3.8, 4) is 0 Å². The van der Waals surface area contributed by atoms with Crippen molar-refractivity contribution in [1.29, 1.82) is 0 Å². The van der Waals surface area contributed by atoms with Gasteiger partial charge >= 0.3 is 0 Å². The van der Waals surface area contributed by atoms with Gasteiger partial charge in [0, 0.05) is 19.3 Å². The maximum Gasteiger partial charge on any atom is 0.242 e. The highest BCUT2D eigenvalue weighted by atomic mass is 32.2. The van der Waals surface area contributed by atoms with E-state index in [1.165, 1.54) is 16.7 Å². The van der Waals surface area contributed by atoms with Crippen molar-refractivity contribution >= 4 is 23.6 Å². The molecule has 1 N–H and O–H groups in total. The maximum atomic E-state index is 13.1. The number of nitrogens with one attached hydrogen (secondary N) is 1. The summed E-state index contributed by atoms with van der Waals surface area (Å²) in [6.07, 6.45) is 0.582. The Morgan fingerprint density at radius 3 is 2.24 bits per heavy atom. The summed E-state index contributed by atoms with van der Waals surface area (Å²) >= 11 is 1.60. The molecule has 2 aromatic rings. The van der Waals surface area contributed by atoms with Gasteiger partial charge in [0.1, 0.15) is 6.04 Å². The van der Waals surface area contributed by atoms with E-state index in [2.05, 4.69) is 43.4 Å². The molecule has 29 heavy (non-hydrogen) atoms. The fourth-order valence-corrected chi connectivity index (χ4v) is 4.43. The van der Waals surface area contributed by atoms with Crippen molar-refractivity contribution in [3.05, 3.63) is 70.3 Å². The molecule has 2 aromatic carbocycles. The molecule has 0 bridgehead atoms. The highest BCUT2D eigenvalue weighted by Crippen LogP contribution is 2.19. The van der Waals surface area contributed by atoms with E-state index >= 15 is 0 Å². The number of carbonyl (C=O) groups is 2. The average molecular weight is 413 g/mol. The minimum Gasteiger partial charge on any atom is -0.357 e. The van der Waals surface area contributed by atoms with Gasteiger partial charge in [-0.25, -0.2) is 0 Å². The summed E-state index contributed by atoms with van der Waals surface area (Å²) in [7, 11) is 1.62. The monoisotopic (exact) mass is 412 g/mol. The number of amides is 2. The lowest BCUT2D eigenvalue weighted by atomic mass is 10.1. The Kier molecular flexibility index (Phi) is 8.77. The van der Waals surface area contributed by atoms with Crippen LogP contribution in [0.5, 0.6) is 0 Å². The van der Waals surface area contributed by atoms with Crippen LogP contribution >= 0.6 is 11.8 Å². The molecule has 0 saturated carbocycles. The summed E-state index contributed by atoms with van der Waals surface area (Å²) in [5, 5.41) is 2.70. The van der Waals surface area contributed by atoms with Gasteiger partial charge in [-0.1, -0.05) is 66.1 Å². The second-order valence-electron chi connectivity index (χ2n) is 7.54. The van der Waals surface area contributed by atoms with Crippen LogP contribution in [0, 0.1) is 20.8 Å². The predicted molar refractivity (Wildman–Crippen MR) is 122 cm³/mol. The Morgan fingerprint density at radius 2 is 1.66 bits per heavy atom. The van der Waals surface area contributed by atoms with Crippen LogP contribution in [-0.4, -0.2) is 35.6 Å². The predicted octanol–water partition coefficient (Wildman–Crippen LogP) is 4.40. The van der Waals surface area contributed by atoms with Crippen LogP contribution in [0.4, 0.5) is 0 Å². The minimum atomic E-state index is -0.463. The van der Waals surface area contributed by atoms with E-state index in [9.17, 15) is 9.59 Å². The molecular formula is C24H32N2O2S. The van der Waals surface area contributed by atoms with Crippen molar-refractivity contribution in [2.45, 2.75) is 52.5 Å². The summed E-state index contributed by atoms with van der Waals surface area (Å²) in [4.78, 5) is 27.2. The van der Waals surface area contributed by atoms with Gasteiger partial charge < -0.3 is 10.2 Å². The van der Waals surface area contributed by atoms with E-state index in [4.69, 9.17) is 0 Å². The molecule has 0 saturated heterocycles. The summed E-state index contributed by atoms with van der Waals surface area (Å²) in [6.45, 7) is 8.59. The number of likely N-dealkylation sites (N-methyl/N-ethyl adjacent to an activating group) is 1. The number of thioether (sulfide) groups is 1. The van der Waals surface area contributed by atoms with Gasteiger partial charge in [-0.3, -0.25) is 9.59 Å². The van der Waals surface area contributed by atoms with E-state index in [-0.39, 0.29) is 11.8 Å². The molecule has 0 aliphatic rings. The fourth-order valence-electron chi connectivity index (χ4n) is 3.58. The van der Waals surface area contributed by atoms with Crippen LogP contribution in [0.25, 0.3) is 0 Å². The molecule has 0 aromatic heterocycles. The summed E-state index contributed by atoms with van der Waals surface area (Å²) in [5.41, 5.74) is 5.88. The van der Waals surface area contributed by atoms with Crippen LogP contribution in [-0.2, 0) is 21.9 Å². The molecule has 5 heteroatoms. The van der Waals surface area contributed by atoms with E-state index in [1.54, 1.807) is 23.7 Å². The second kappa shape index (κ2) is 11.1. The van der Waals surface area contributed by atoms with Gasteiger partial charge in [0.2, 0.25) is 11.8 Å². The van der Waals surface area contributed by atoms with E-state index in [0.29, 0.717) is 18.7 Å². The van der Waals surface area contributed by atoms with Crippen LogP contribution in [0.2, 0.25) is 0 Å². The molecule has 0 spiro atoms. The molecule has 1 atom stereocenters. The Morgan fingerprint density at radius 1 is 1.00 bits per heavy atom. The number of aryl methyl sites for hydroxylation is 3. The van der Waals surface area contributed by atoms with Crippen LogP contribution in [0.15, 0.2) is 42.5 Å². The second-order valence-corrected chi connectivity index (χ2v) is 8.52. The number of hydrogen-bond acceptors (Lipinski definition) is 3. The average Bonchev–Trinajstić information content (AvgIpc) is 2.66. The van der Waals surface area contributed by atoms with Gasteiger partial charge in [0.05, 0.1) is 5.75 Å². The Balaban J connectivity index is 2.11. The van der Waals surface area contributed by atoms with Crippen molar-refractivity contribution in [1.82, 2.24) is 10.2 Å². The number of rotatable bonds is 9. The van der Waals surface area contributed by atoms with E-state index < -0.39 is 6.04 Å². The number of benzene rings is 2. The first kappa shape index (κ1) is 23.0. The van der Waals surface area contributed by atoms with E-state index in [0.717, 1.165) is 16.9 Å². The largest absolute Gasteiger partial charge is 0.357 e. The summed E-state index contributed by atoms with van der Waals surface area (Å²) < 4.78 is 0. The molecule has 156 valence electrons. The van der Waals surface area contributed by atoms with Crippen molar-refractivity contribution < 1.29 is 9.59 Å². The summed E-state index contributed by atoms with van der Waals surface area (Å²) in [5.74, 6) is 1.01. The molecule has 2 amide bonds. The van der Waals surface area contributed by atoms with Crippen LogP contribution < -0.4 is 5.32 Å². The first-order valence-electron chi connectivity index (χ1n) is 10.1. The van der Waals surface area contributed by atoms with Gasteiger partial charge in [0.25, 0.3) is 0 Å². The molecular weight excluding hydrogens is 380 g/mol. The number of nitrogens with zero attached hydrogens (tertiary/aromatic N) is 1. The molecule has 0 radical (unpaired) electrons. The molecule has 0 aliphatic carbocycles. The normalized spacial score (nSPS) is 11.8. The minimum absolute atomic E-state index is 0.00340. The lowest BCUT2D eigenvalue weighted by Gasteiger charge is -2.30. The molecule has 0 unspecified atom stereocenters. The maximum absolute atomic E-state index is 13.1. The Hall–Kier alpha value is -2.27. The number of hydrogen-bond donors (Lipinski definition) is 1. The van der Waals surface area contributed by atoms with Gasteiger partial charge in [-0.15, -0.1) is 11.8 Å². The van der Waals surface area contributed by atoms with Crippen molar-refractivity contribution in [3.63, 3.8) is 0 Å². The van der Waals surface area contributed by atoms with Gasteiger partial charge in [-0.05, 0) is 38.3 Å². The molecule has 0 heterocycles. The third-order valence-corrected chi connectivity index (χ3v) is 5.83. The molecule has 4 nitrogen and oxygen atoms in total. The zero-order chi connectivity index (χ0) is 21.4. The Bertz CT molecular complexity index is 830. The van der Waals surface area contributed by atoms with Crippen LogP contribution in [0.3, 0.4) is 0 Å². The molecule has 0 aliphatic heterocycles. The molecule has 0 fully saturated rings. The number of carbonyl (C=O) groups excluding carboxylic acids is 2. The zero-order valence-electron chi connectivity index (χ0n) is 18.1. The first-order valence-corrected chi connectivity index (χ1v) is 11.2. The fraction of sp³-hybridized carbons (Fsp3) is 0.417. The SMILES string of the molecule is CC[C@@H](C(=O)NC)N(Cc1cccc(C)c1)C(=O)CSCc1cc(C)cc(C)c1. The van der Waals surface area contributed by atoms with Crippen LogP contribution in [0.1, 0.15) is 41.2 Å². The lowest BCUT2D eigenvalue weighted by molar-refractivity contribution is -0.139. The van der Waals surface area contributed by atoms with Gasteiger partial charge in [-0.2, -0.15) is 0 Å². The highest BCUT2D eigenvalue weighted by Gasteiger charge is 2.27. The standard InChI is InChI=1S/C24H32N2O2S/c1-6-22(24(28)25-5)26(14-20-9-7-8-17(2)11-20)23(27)16-29-15-21-12-18(3)10-19(4)13-21/h7-13,22H,6,14-16H2,1-5H3,(H,25,28)/t22-/m0/s1. The van der Waals surface area contributed by atoms with E-state index in [1.807, 2.05) is 32.0 Å².